The van der Waals surface area contributed by atoms with Gasteiger partial charge in [0.25, 0.3) is 0 Å². The Hall–Kier alpha value is -3.23. The van der Waals surface area contributed by atoms with Gasteiger partial charge in [-0.05, 0) is 49.4 Å². The minimum absolute atomic E-state index is 0.297. The maximum absolute atomic E-state index is 12.8. The second-order valence-electron chi connectivity index (χ2n) is 7.05. The summed E-state index contributed by atoms with van der Waals surface area (Å²) in [6, 6.07) is 18.7. The predicted octanol–water partition coefficient (Wildman–Crippen LogP) is 4.85. The van der Waals surface area contributed by atoms with Crippen molar-refractivity contribution in [3.63, 3.8) is 0 Å². The van der Waals surface area contributed by atoms with Crippen LogP contribution in [0.15, 0.2) is 66.7 Å². The second kappa shape index (κ2) is 9.93. The maximum atomic E-state index is 12.8. The zero-order valence-corrected chi connectivity index (χ0v) is 19.4. The highest BCUT2D eigenvalue weighted by Crippen LogP contribution is 2.36. The van der Waals surface area contributed by atoms with E-state index < -0.39 is 22.5 Å². The first-order valence-corrected chi connectivity index (χ1v) is 11.8. The highest BCUT2D eigenvalue weighted by Gasteiger charge is 2.22. The fourth-order valence-corrected chi connectivity index (χ4v) is 3.97. The first-order valence-electron chi connectivity index (χ1n) is 9.62. The smallest absolute Gasteiger partial charge is 0.245 e. The molecular formula is C23H23ClN2O5S. The summed E-state index contributed by atoms with van der Waals surface area (Å²) in [5, 5.41) is 3.08. The minimum atomic E-state index is -3.70. The largest absolute Gasteiger partial charge is 0.493 e. The highest BCUT2D eigenvalue weighted by molar-refractivity contribution is 7.92. The Balaban J connectivity index is 1.85. The fraction of sp³-hybridized carbons (Fsp3) is 0.174. The highest BCUT2D eigenvalue weighted by atomic mass is 35.5. The van der Waals surface area contributed by atoms with Crippen LogP contribution in [0.25, 0.3) is 0 Å². The maximum Gasteiger partial charge on any atom is 0.245 e. The van der Waals surface area contributed by atoms with Gasteiger partial charge in [-0.2, -0.15) is 0 Å². The Morgan fingerprint density at radius 2 is 1.66 bits per heavy atom. The number of aryl methyl sites for hydroxylation is 1. The molecule has 7 nitrogen and oxygen atoms in total. The number of hydrogen-bond donors (Lipinski definition) is 1. The lowest BCUT2D eigenvalue weighted by Gasteiger charge is -2.22. The Kier molecular flexibility index (Phi) is 7.27. The van der Waals surface area contributed by atoms with Crippen molar-refractivity contribution in [2.75, 3.05) is 29.5 Å². The van der Waals surface area contributed by atoms with Crippen molar-refractivity contribution in [3.05, 3.63) is 77.3 Å². The number of nitrogens with zero attached hydrogens (tertiary/aromatic N) is 1. The number of hydrogen-bond acceptors (Lipinski definition) is 5. The first kappa shape index (κ1) is 23.4. The van der Waals surface area contributed by atoms with Gasteiger partial charge >= 0.3 is 0 Å². The Morgan fingerprint density at radius 3 is 2.28 bits per heavy atom. The third-order valence-electron chi connectivity index (χ3n) is 4.51. The first-order chi connectivity index (χ1) is 15.2. The van der Waals surface area contributed by atoms with Gasteiger partial charge < -0.3 is 14.8 Å². The molecule has 1 amide bonds. The molecule has 0 saturated carbocycles. The summed E-state index contributed by atoms with van der Waals surface area (Å²) < 4.78 is 36.9. The number of anilines is 2. The van der Waals surface area contributed by atoms with Crippen LogP contribution in [0.3, 0.4) is 0 Å². The Labute approximate surface area is 192 Å². The van der Waals surface area contributed by atoms with Gasteiger partial charge in [0.1, 0.15) is 6.54 Å². The van der Waals surface area contributed by atoms with Crippen molar-refractivity contribution in [1.29, 1.82) is 0 Å². The van der Waals surface area contributed by atoms with Gasteiger partial charge in [-0.25, -0.2) is 8.42 Å². The number of para-hydroxylation sites is 2. The van der Waals surface area contributed by atoms with E-state index in [0.29, 0.717) is 33.6 Å². The van der Waals surface area contributed by atoms with Crippen molar-refractivity contribution >= 4 is 38.9 Å². The molecule has 0 bridgehead atoms. The molecule has 9 heteroatoms. The van der Waals surface area contributed by atoms with Crippen molar-refractivity contribution in [1.82, 2.24) is 0 Å². The second-order valence-corrected chi connectivity index (χ2v) is 9.39. The number of carbonyl (C=O) groups excluding carboxylic acids is 1. The zero-order valence-electron chi connectivity index (χ0n) is 17.8. The molecular weight excluding hydrogens is 452 g/mol. The molecule has 1 N–H and O–H groups in total. The van der Waals surface area contributed by atoms with E-state index in [-0.39, 0.29) is 0 Å². The molecule has 0 heterocycles. The van der Waals surface area contributed by atoms with Crippen LogP contribution in [0.5, 0.6) is 17.2 Å². The third kappa shape index (κ3) is 5.93. The summed E-state index contributed by atoms with van der Waals surface area (Å²) in [6.45, 7) is 1.48. The molecule has 168 valence electrons. The van der Waals surface area contributed by atoms with Crippen LogP contribution < -0.4 is 19.1 Å². The zero-order chi connectivity index (χ0) is 23.3. The van der Waals surface area contributed by atoms with E-state index in [9.17, 15) is 13.2 Å². The van der Waals surface area contributed by atoms with E-state index in [1.54, 1.807) is 60.7 Å². The van der Waals surface area contributed by atoms with Gasteiger partial charge in [0.2, 0.25) is 15.9 Å². The van der Waals surface area contributed by atoms with Crippen LogP contribution in [-0.2, 0) is 14.8 Å². The summed E-state index contributed by atoms with van der Waals surface area (Å²) in [4.78, 5) is 12.8. The molecule has 0 aliphatic rings. The van der Waals surface area contributed by atoms with Crippen molar-refractivity contribution in [2.45, 2.75) is 6.92 Å². The number of carbonyl (C=O) groups is 1. The number of ether oxygens (including phenoxy) is 2. The van der Waals surface area contributed by atoms with Crippen molar-refractivity contribution in [3.8, 4) is 17.2 Å². The summed E-state index contributed by atoms with van der Waals surface area (Å²) in [7, 11) is -2.17. The lowest BCUT2D eigenvalue weighted by molar-refractivity contribution is -0.114. The molecule has 0 spiro atoms. The molecule has 0 fully saturated rings. The van der Waals surface area contributed by atoms with Crippen LogP contribution >= 0.6 is 11.6 Å². The van der Waals surface area contributed by atoms with Crippen molar-refractivity contribution in [2.24, 2.45) is 0 Å². The van der Waals surface area contributed by atoms with Crippen LogP contribution in [-0.4, -0.2) is 34.2 Å². The molecule has 0 saturated heterocycles. The Morgan fingerprint density at radius 1 is 1.00 bits per heavy atom. The number of sulfonamides is 1. The van der Waals surface area contributed by atoms with Crippen molar-refractivity contribution < 1.29 is 22.7 Å². The number of nitrogens with one attached hydrogen (secondary N) is 1. The minimum Gasteiger partial charge on any atom is -0.493 e. The molecule has 3 rings (SSSR count). The average molecular weight is 475 g/mol. The van der Waals surface area contributed by atoms with Gasteiger partial charge in [-0.15, -0.1) is 0 Å². The van der Waals surface area contributed by atoms with E-state index in [2.05, 4.69) is 5.32 Å². The molecule has 3 aromatic carbocycles. The van der Waals surface area contributed by atoms with E-state index >= 15 is 0 Å². The van der Waals surface area contributed by atoms with Crippen LogP contribution in [0.4, 0.5) is 11.4 Å². The fourth-order valence-electron chi connectivity index (χ4n) is 2.94. The predicted molar refractivity (Wildman–Crippen MR) is 127 cm³/mol. The SMILES string of the molecule is COc1ccccc1Oc1ccc(Cl)cc1NC(=O)CN(c1ccc(C)cc1)S(C)(=O)=O. The number of methoxy groups -OCH3 is 1. The molecule has 3 aromatic rings. The van der Waals surface area contributed by atoms with Crippen LogP contribution in [0, 0.1) is 6.92 Å². The lowest BCUT2D eigenvalue weighted by Crippen LogP contribution is -2.37. The molecule has 32 heavy (non-hydrogen) atoms. The quantitative estimate of drug-likeness (QED) is 0.504. The molecule has 0 aliphatic carbocycles. The lowest BCUT2D eigenvalue weighted by atomic mass is 10.2. The standard InChI is InChI=1S/C23H23ClN2O5S/c1-16-8-11-18(12-9-16)26(32(3,28)29)15-23(27)25-19-14-17(24)10-13-20(19)31-22-7-5-4-6-21(22)30-2/h4-14H,15H2,1-3H3,(H,25,27). The number of benzene rings is 3. The summed E-state index contributed by atoms with van der Waals surface area (Å²) in [5.41, 5.74) is 1.67. The summed E-state index contributed by atoms with van der Waals surface area (Å²) >= 11 is 6.11. The molecule has 0 aromatic heterocycles. The van der Waals surface area contributed by atoms with Gasteiger partial charge in [0, 0.05) is 5.02 Å². The Bertz CT molecular complexity index is 1210. The number of halogens is 1. The van der Waals surface area contributed by atoms with E-state index in [0.717, 1.165) is 16.1 Å². The van der Waals surface area contributed by atoms with E-state index in [4.69, 9.17) is 21.1 Å². The normalized spacial score (nSPS) is 11.0. The summed E-state index contributed by atoms with van der Waals surface area (Å²) in [5.74, 6) is 0.740. The van der Waals surface area contributed by atoms with Crippen LogP contribution in [0.1, 0.15) is 5.56 Å². The average Bonchev–Trinajstić information content (AvgIpc) is 2.74. The van der Waals surface area contributed by atoms with E-state index in [1.165, 1.54) is 13.2 Å². The van der Waals surface area contributed by atoms with Gasteiger partial charge in [-0.1, -0.05) is 41.4 Å². The monoisotopic (exact) mass is 474 g/mol. The molecule has 0 unspecified atom stereocenters. The topological polar surface area (TPSA) is 84.9 Å². The summed E-state index contributed by atoms with van der Waals surface area (Å²) in [6.07, 6.45) is 1.05. The van der Waals surface area contributed by atoms with E-state index in [1.807, 2.05) is 6.92 Å². The van der Waals surface area contributed by atoms with Gasteiger partial charge in [0.15, 0.2) is 17.2 Å². The van der Waals surface area contributed by atoms with Crippen LogP contribution in [0.2, 0.25) is 5.02 Å². The van der Waals surface area contributed by atoms with Gasteiger partial charge in [0.05, 0.1) is 24.7 Å². The number of rotatable bonds is 8. The molecule has 0 aliphatic heterocycles. The van der Waals surface area contributed by atoms with Gasteiger partial charge in [-0.3, -0.25) is 9.10 Å². The molecule has 0 atom stereocenters. The number of amides is 1. The molecule has 0 radical (unpaired) electrons. The third-order valence-corrected chi connectivity index (χ3v) is 5.89.